The second-order valence-corrected chi connectivity index (χ2v) is 10.5. The molecule has 0 N–H and O–H groups in total. The highest BCUT2D eigenvalue weighted by Crippen LogP contribution is 2.37. The topological polar surface area (TPSA) is 31.4 Å². The Morgan fingerprint density at radius 1 is 0.742 bits per heavy atom. The van der Waals surface area contributed by atoms with Gasteiger partial charge in [0.1, 0.15) is 0 Å². The van der Waals surface area contributed by atoms with Gasteiger partial charge in [-0.25, -0.2) is 0 Å². The third-order valence-electron chi connectivity index (χ3n) is 6.51. The lowest BCUT2D eigenvalue weighted by Gasteiger charge is -2.32. The minimum atomic E-state index is -0.400. The lowest BCUT2D eigenvalue weighted by atomic mass is 9.74. The molecule has 2 aromatic carbocycles. The Hall–Kier alpha value is -2.43. The molecule has 3 aromatic rings. The smallest absolute Gasteiger partial charge is 0.399 e. The van der Waals surface area contributed by atoms with E-state index >= 15 is 0 Å². The molecule has 0 amide bonds. The van der Waals surface area contributed by atoms with Crippen LogP contribution in [0.2, 0.25) is 0 Å². The standard InChI is InChI=1S/C27H32BNO2/c1-25(2,3)22-15-21(16-23(18-22)28-30-26(4,5)27(6,7)31-28)24-17-20(13-14-29-24)19-11-9-8-10-12-19/h8-18H,1-7H3. The van der Waals surface area contributed by atoms with Crippen LogP contribution >= 0.6 is 0 Å². The molecule has 1 aliphatic rings. The van der Waals surface area contributed by atoms with Gasteiger partial charge in [0.05, 0.1) is 16.9 Å². The van der Waals surface area contributed by atoms with Crippen LogP contribution in [-0.4, -0.2) is 23.3 Å². The molecule has 2 heterocycles. The van der Waals surface area contributed by atoms with Gasteiger partial charge in [-0.1, -0.05) is 63.2 Å². The van der Waals surface area contributed by atoms with Crippen LogP contribution in [0.3, 0.4) is 0 Å². The Morgan fingerprint density at radius 3 is 2.00 bits per heavy atom. The van der Waals surface area contributed by atoms with E-state index in [9.17, 15) is 0 Å². The quantitative estimate of drug-likeness (QED) is 0.493. The summed E-state index contributed by atoms with van der Waals surface area (Å²) < 4.78 is 12.7. The van der Waals surface area contributed by atoms with Crippen LogP contribution in [0.1, 0.15) is 54.0 Å². The molecule has 0 saturated carbocycles. The second kappa shape index (κ2) is 7.61. The van der Waals surface area contributed by atoms with E-state index in [0.29, 0.717) is 0 Å². The molecule has 1 fully saturated rings. The summed E-state index contributed by atoms with van der Waals surface area (Å²) in [6.45, 7) is 15.0. The molecule has 4 rings (SSSR count). The van der Waals surface area contributed by atoms with E-state index in [1.165, 1.54) is 11.1 Å². The highest BCUT2D eigenvalue weighted by molar-refractivity contribution is 6.62. The predicted molar refractivity (Wildman–Crippen MR) is 130 cm³/mol. The van der Waals surface area contributed by atoms with E-state index in [4.69, 9.17) is 14.3 Å². The molecule has 0 spiro atoms. The van der Waals surface area contributed by atoms with Gasteiger partial charge in [0.15, 0.2) is 0 Å². The van der Waals surface area contributed by atoms with Crippen molar-refractivity contribution in [3.8, 4) is 22.4 Å². The number of nitrogens with zero attached hydrogens (tertiary/aromatic N) is 1. The van der Waals surface area contributed by atoms with Crippen molar-refractivity contribution in [2.75, 3.05) is 0 Å². The number of pyridine rings is 1. The van der Waals surface area contributed by atoms with Crippen LogP contribution in [0.15, 0.2) is 66.9 Å². The average Bonchev–Trinajstić information content (AvgIpc) is 2.95. The summed E-state index contributed by atoms with van der Waals surface area (Å²) in [5.74, 6) is 0. The van der Waals surface area contributed by atoms with Crippen molar-refractivity contribution in [1.82, 2.24) is 4.98 Å². The summed E-state index contributed by atoms with van der Waals surface area (Å²) >= 11 is 0. The van der Waals surface area contributed by atoms with Gasteiger partial charge < -0.3 is 9.31 Å². The Bertz CT molecular complexity index is 1070. The minimum Gasteiger partial charge on any atom is -0.399 e. The lowest BCUT2D eigenvalue weighted by molar-refractivity contribution is 0.00578. The fourth-order valence-corrected chi connectivity index (χ4v) is 3.75. The molecule has 160 valence electrons. The zero-order chi connectivity index (χ0) is 22.4. The molecule has 1 aromatic heterocycles. The first kappa shape index (κ1) is 21.8. The first-order valence-electron chi connectivity index (χ1n) is 11.0. The number of aromatic nitrogens is 1. The molecular weight excluding hydrogens is 381 g/mol. The van der Waals surface area contributed by atoms with E-state index in [1.54, 1.807) is 0 Å². The Balaban J connectivity index is 1.80. The van der Waals surface area contributed by atoms with E-state index in [1.807, 2.05) is 12.3 Å². The largest absolute Gasteiger partial charge is 0.494 e. The highest BCUT2D eigenvalue weighted by atomic mass is 16.7. The number of rotatable bonds is 3. The third-order valence-corrected chi connectivity index (χ3v) is 6.51. The summed E-state index contributed by atoms with van der Waals surface area (Å²) in [6, 6.07) is 21.2. The van der Waals surface area contributed by atoms with Crippen LogP contribution in [0.5, 0.6) is 0 Å². The first-order valence-corrected chi connectivity index (χ1v) is 11.0. The normalized spacial score (nSPS) is 17.7. The fraction of sp³-hybridized carbons (Fsp3) is 0.370. The summed E-state index contributed by atoms with van der Waals surface area (Å²) in [4.78, 5) is 4.70. The summed E-state index contributed by atoms with van der Waals surface area (Å²) in [5.41, 5.74) is 5.89. The summed E-state index contributed by atoms with van der Waals surface area (Å²) in [7, 11) is -0.400. The van der Waals surface area contributed by atoms with Crippen molar-refractivity contribution in [2.24, 2.45) is 0 Å². The average molecular weight is 413 g/mol. The van der Waals surface area contributed by atoms with E-state index in [0.717, 1.165) is 22.3 Å². The van der Waals surface area contributed by atoms with Crippen LogP contribution < -0.4 is 5.46 Å². The molecular formula is C27H32BNO2. The predicted octanol–water partition coefficient (Wildman–Crippen LogP) is 6.01. The number of hydrogen-bond donors (Lipinski definition) is 0. The van der Waals surface area contributed by atoms with Crippen molar-refractivity contribution in [1.29, 1.82) is 0 Å². The number of hydrogen-bond acceptors (Lipinski definition) is 3. The Morgan fingerprint density at radius 2 is 1.39 bits per heavy atom. The molecule has 0 atom stereocenters. The molecule has 4 heteroatoms. The number of benzene rings is 2. The maximum Gasteiger partial charge on any atom is 0.494 e. The van der Waals surface area contributed by atoms with Crippen molar-refractivity contribution in [2.45, 2.75) is 65.1 Å². The van der Waals surface area contributed by atoms with E-state index in [2.05, 4.69) is 103 Å². The van der Waals surface area contributed by atoms with Gasteiger partial charge in [0.2, 0.25) is 0 Å². The molecule has 31 heavy (non-hydrogen) atoms. The maximum atomic E-state index is 6.36. The Kier molecular flexibility index (Phi) is 5.35. The first-order chi connectivity index (χ1) is 14.5. The van der Waals surface area contributed by atoms with E-state index < -0.39 is 7.12 Å². The van der Waals surface area contributed by atoms with Crippen molar-refractivity contribution in [3.05, 3.63) is 72.4 Å². The van der Waals surface area contributed by atoms with Gasteiger partial charge in [-0.3, -0.25) is 4.98 Å². The van der Waals surface area contributed by atoms with Gasteiger partial charge in [0, 0.05) is 11.8 Å². The third kappa shape index (κ3) is 4.33. The monoisotopic (exact) mass is 413 g/mol. The van der Waals surface area contributed by atoms with Crippen molar-refractivity contribution < 1.29 is 9.31 Å². The zero-order valence-corrected chi connectivity index (χ0v) is 19.7. The SMILES string of the molecule is CC(C)(C)c1cc(B2OC(C)(C)C(C)(C)O2)cc(-c2cc(-c3ccccc3)ccn2)c1. The maximum absolute atomic E-state index is 6.36. The minimum absolute atomic E-state index is 0.00849. The highest BCUT2D eigenvalue weighted by Gasteiger charge is 2.51. The van der Waals surface area contributed by atoms with Gasteiger partial charge >= 0.3 is 7.12 Å². The lowest BCUT2D eigenvalue weighted by Crippen LogP contribution is -2.41. The van der Waals surface area contributed by atoms with Crippen LogP contribution in [0.25, 0.3) is 22.4 Å². The van der Waals surface area contributed by atoms with Crippen molar-refractivity contribution in [3.63, 3.8) is 0 Å². The van der Waals surface area contributed by atoms with Gasteiger partial charge in [-0.15, -0.1) is 0 Å². The summed E-state index contributed by atoms with van der Waals surface area (Å²) in [6.07, 6.45) is 1.88. The second-order valence-electron chi connectivity index (χ2n) is 10.5. The molecule has 0 bridgehead atoms. The van der Waals surface area contributed by atoms with Gasteiger partial charge in [-0.2, -0.15) is 0 Å². The van der Waals surface area contributed by atoms with Crippen LogP contribution in [-0.2, 0) is 14.7 Å². The summed E-state index contributed by atoms with van der Waals surface area (Å²) in [5, 5.41) is 0. The fourth-order valence-electron chi connectivity index (χ4n) is 3.75. The molecule has 0 aliphatic carbocycles. The molecule has 0 radical (unpaired) electrons. The van der Waals surface area contributed by atoms with Crippen LogP contribution in [0.4, 0.5) is 0 Å². The zero-order valence-electron chi connectivity index (χ0n) is 19.7. The van der Waals surface area contributed by atoms with Gasteiger partial charge in [0.25, 0.3) is 0 Å². The molecule has 0 unspecified atom stereocenters. The van der Waals surface area contributed by atoms with Gasteiger partial charge in [-0.05, 0) is 73.5 Å². The molecule has 1 saturated heterocycles. The Labute approximate surface area is 187 Å². The van der Waals surface area contributed by atoms with Crippen LogP contribution in [0, 0.1) is 0 Å². The van der Waals surface area contributed by atoms with E-state index in [-0.39, 0.29) is 16.6 Å². The van der Waals surface area contributed by atoms with Crippen molar-refractivity contribution >= 4 is 12.6 Å². The molecule has 3 nitrogen and oxygen atoms in total. The molecule has 1 aliphatic heterocycles.